The van der Waals surface area contributed by atoms with Gasteiger partial charge in [-0.1, -0.05) is 30.4 Å². The van der Waals surface area contributed by atoms with E-state index in [4.69, 9.17) is 9.72 Å². The fourth-order valence-corrected chi connectivity index (χ4v) is 6.02. The molecule has 0 aliphatic carbocycles. The van der Waals surface area contributed by atoms with E-state index in [1.807, 2.05) is 12.1 Å². The predicted octanol–water partition coefficient (Wildman–Crippen LogP) is 5.58. The SMILES string of the molecule is CCc1cccc2sc(N(CC3CCCO3)C(=O)c3ccc(N4CCCCC4)c([N+](=O)[O-])c3)nc12. The number of anilines is 2. The van der Waals surface area contributed by atoms with Crippen LogP contribution in [0.2, 0.25) is 0 Å². The van der Waals surface area contributed by atoms with Gasteiger partial charge in [0.15, 0.2) is 5.13 Å². The number of piperidine rings is 1. The average Bonchev–Trinajstić information content (AvgIpc) is 3.56. The summed E-state index contributed by atoms with van der Waals surface area (Å²) in [5.41, 5.74) is 2.91. The molecule has 2 aromatic carbocycles. The Labute approximate surface area is 208 Å². The highest BCUT2D eigenvalue weighted by atomic mass is 32.1. The van der Waals surface area contributed by atoms with Gasteiger partial charge in [0.1, 0.15) is 5.69 Å². The van der Waals surface area contributed by atoms with E-state index < -0.39 is 0 Å². The summed E-state index contributed by atoms with van der Waals surface area (Å²) in [7, 11) is 0. The Morgan fingerprint density at radius 2 is 2.06 bits per heavy atom. The lowest BCUT2D eigenvalue weighted by Gasteiger charge is -2.28. The summed E-state index contributed by atoms with van der Waals surface area (Å²) in [5, 5.41) is 12.6. The van der Waals surface area contributed by atoms with E-state index in [2.05, 4.69) is 17.9 Å². The first-order valence-corrected chi connectivity index (χ1v) is 13.2. The van der Waals surface area contributed by atoms with E-state index in [-0.39, 0.29) is 22.6 Å². The summed E-state index contributed by atoms with van der Waals surface area (Å²) in [4.78, 5) is 34.0. The van der Waals surface area contributed by atoms with Crippen molar-refractivity contribution >= 4 is 44.0 Å². The molecule has 8 nitrogen and oxygen atoms in total. The maximum Gasteiger partial charge on any atom is 0.293 e. The van der Waals surface area contributed by atoms with E-state index in [1.165, 1.54) is 17.4 Å². The lowest BCUT2D eigenvalue weighted by molar-refractivity contribution is -0.384. The number of ether oxygens (including phenoxy) is 1. The third kappa shape index (κ3) is 4.88. The number of amides is 1. The monoisotopic (exact) mass is 494 g/mol. The summed E-state index contributed by atoms with van der Waals surface area (Å²) in [6.45, 7) is 4.74. The number of hydrogen-bond donors (Lipinski definition) is 0. The normalized spacial score (nSPS) is 18.2. The van der Waals surface area contributed by atoms with E-state index >= 15 is 0 Å². The molecule has 2 aliphatic rings. The smallest absolute Gasteiger partial charge is 0.293 e. The molecule has 0 saturated carbocycles. The quantitative estimate of drug-likeness (QED) is 0.315. The zero-order chi connectivity index (χ0) is 24.4. The molecule has 1 unspecified atom stereocenters. The minimum Gasteiger partial charge on any atom is -0.376 e. The molecule has 0 radical (unpaired) electrons. The Morgan fingerprint density at radius 1 is 1.23 bits per heavy atom. The van der Waals surface area contributed by atoms with E-state index in [0.717, 1.165) is 67.4 Å². The van der Waals surface area contributed by atoms with Gasteiger partial charge in [-0.05, 0) is 62.3 Å². The molecule has 1 atom stereocenters. The summed E-state index contributed by atoms with van der Waals surface area (Å²) >= 11 is 1.47. The van der Waals surface area contributed by atoms with Crippen LogP contribution >= 0.6 is 11.3 Å². The van der Waals surface area contributed by atoms with Crippen LogP contribution in [0.25, 0.3) is 10.2 Å². The van der Waals surface area contributed by atoms with Gasteiger partial charge in [-0.15, -0.1) is 0 Å². The number of fused-ring (bicyclic) bond motifs is 1. The number of aryl methyl sites for hydroxylation is 1. The highest BCUT2D eigenvalue weighted by Gasteiger charge is 2.30. The van der Waals surface area contributed by atoms with Gasteiger partial charge < -0.3 is 9.64 Å². The molecule has 0 spiro atoms. The largest absolute Gasteiger partial charge is 0.376 e. The van der Waals surface area contributed by atoms with Crippen molar-refractivity contribution in [2.45, 2.75) is 51.6 Å². The zero-order valence-corrected chi connectivity index (χ0v) is 20.8. The van der Waals surface area contributed by atoms with Gasteiger partial charge in [-0.3, -0.25) is 19.8 Å². The highest BCUT2D eigenvalue weighted by Crippen LogP contribution is 2.35. The topological polar surface area (TPSA) is 88.8 Å². The molecular formula is C26H30N4O4S. The van der Waals surface area contributed by atoms with Crippen LogP contribution in [0.5, 0.6) is 0 Å². The fourth-order valence-electron chi connectivity index (χ4n) is 5.00. The summed E-state index contributed by atoms with van der Waals surface area (Å²) in [6, 6.07) is 11.0. The Morgan fingerprint density at radius 3 is 2.77 bits per heavy atom. The van der Waals surface area contributed by atoms with Crippen molar-refractivity contribution in [2.75, 3.05) is 36.0 Å². The lowest BCUT2D eigenvalue weighted by Crippen LogP contribution is -2.37. The first kappa shape index (κ1) is 23.7. The summed E-state index contributed by atoms with van der Waals surface area (Å²) < 4.78 is 6.86. The first-order valence-electron chi connectivity index (χ1n) is 12.4. The first-order chi connectivity index (χ1) is 17.0. The van der Waals surface area contributed by atoms with Crippen LogP contribution in [0.1, 0.15) is 54.9 Å². The predicted molar refractivity (Wildman–Crippen MR) is 139 cm³/mol. The van der Waals surface area contributed by atoms with Crippen LogP contribution in [-0.4, -0.2) is 48.2 Å². The molecule has 0 N–H and O–H groups in total. The Bertz CT molecular complexity index is 1230. The molecule has 35 heavy (non-hydrogen) atoms. The summed E-state index contributed by atoms with van der Waals surface area (Å²) in [5.74, 6) is -0.286. The second-order valence-corrected chi connectivity index (χ2v) is 10.2. The molecular weight excluding hydrogens is 464 g/mol. The highest BCUT2D eigenvalue weighted by molar-refractivity contribution is 7.22. The molecule has 3 aromatic rings. The minimum absolute atomic E-state index is 0.0209. The van der Waals surface area contributed by atoms with E-state index in [1.54, 1.807) is 17.0 Å². The molecule has 1 amide bonds. The number of carbonyl (C=O) groups excluding carboxylic acids is 1. The number of nitrogens with zero attached hydrogens (tertiary/aromatic N) is 4. The number of benzene rings is 2. The maximum atomic E-state index is 13.8. The van der Waals surface area contributed by atoms with Crippen molar-refractivity contribution in [3.05, 3.63) is 57.6 Å². The number of nitro groups is 1. The molecule has 0 bridgehead atoms. The van der Waals surface area contributed by atoms with Crippen LogP contribution in [0.4, 0.5) is 16.5 Å². The van der Waals surface area contributed by atoms with Crippen molar-refractivity contribution in [2.24, 2.45) is 0 Å². The molecule has 3 heterocycles. The molecule has 1 aromatic heterocycles. The molecule has 5 rings (SSSR count). The number of hydrogen-bond acceptors (Lipinski definition) is 7. The van der Waals surface area contributed by atoms with Gasteiger partial charge in [0, 0.05) is 31.3 Å². The molecule has 184 valence electrons. The van der Waals surface area contributed by atoms with Crippen LogP contribution in [0, 0.1) is 10.1 Å². The fraction of sp³-hybridized carbons (Fsp3) is 0.462. The van der Waals surface area contributed by atoms with Crippen LogP contribution in [0.15, 0.2) is 36.4 Å². The molecule has 9 heteroatoms. The van der Waals surface area contributed by atoms with Crippen molar-refractivity contribution in [1.29, 1.82) is 0 Å². The Balaban J connectivity index is 1.52. The van der Waals surface area contributed by atoms with Crippen molar-refractivity contribution in [1.82, 2.24) is 4.98 Å². The van der Waals surface area contributed by atoms with Gasteiger partial charge in [0.2, 0.25) is 0 Å². The molecule has 2 aliphatic heterocycles. The Hall–Kier alpha value is -3.04. The number of carbonyl (C=O) groups is 1. The zero-order valence-electron chi connectivity index (χ0n) is 19.9. The number of para-hydroxylation sites is 1. The van der Waals surface area contributed by atoms with Gasteiger partial charge >= 0.3 is 0 Å². The minimum atomic E-state index is -0.379. The van der Waals surface area contributed by atoms with E-state index in [0.29, 0.717) is 29.5 Å². The van der Waals surface area contributed by atoms with Crippen molar-refractivity contribution in [3.8, 4) is 0 Å². The third-order valence-corrected chi connectivity index (χ3v) is 7.92. The lowest BCUT2D eigenvalue weighted by atomic mass is 10.1. The van der Waals surface area contributed by atoms with Crippen molar-refractivity contribution in [3.63, 3.8) is 0 Å². The number of nitro benzene ring substituents is 1. The number of rotatable bonds is 7. The van der Waals surface area contributed by atoms with Crippen LogP contribution in [0.3, 0.4) is 0 Å². The van der Waals surface area contributed by atoms with Gasteiger partial charge in [-0.2, -0.15) is 0 Å². The van der Waals surface area contributed by atoms with Gasteiger partial charge in [-0.25, -0.2) is 4.98 Å². The van der Waals surface area contributed by atoms with Crippen LogP contribution < -0.4 is 9.80 Å². The molecule has 2 fully saturated rings. The molecule has 2 saturated heterocycles. The average molecular weight is 495 g/mol. The van der Waals surface area contributed by atoms with Gasteiger partial charge in [0.05, 0.1) is 27.8 Å². The third-order valence-electron chi connectivity index (χ3n) is 6.87. The maximum absolute atomic E-state index is 13.8. The second kappa shape index (κ2) is 10.3. The van der Waals surface area contributed by atoms with E-state index in [9.17, 15) is 14.9 Å². The standard InChI is InChI=1S/C26H30N4O4S/c1-2-18-8-6-10-23-24(18)27-26(35-23)29(17-20-9-7-15-34-20)25(31)19-11-12-21(22(16-19)30(32)33)28-13-4-3-5-14-28/h6,8,10-12,16,20H,2-5,7,9,13-15,17H2,1H3. The Kier molecular flexibility index (Phi) is 6.97. The van der Waals surface area contributed by atoms with Crippen molar-refractivity contribution < 1.29 is 14.5 Å². The van der Waals surface area contributed by atoms with Gasteiger partial charge in [0.25, 0.3) is 11.6 Å². The van der Waals surface area contributed by atoms with Crippen LogP contribution in [-0.2, 0) is 11.2 Å². The summed E-state index contributed by atoms with van der Waals surface area (Å²) in [6.07, 6.45) is 5.80. The second-order valence-electron chi connectivity index (χ2n) is 9.17. The number of aromatic nitrogens is 1. The number of thiazole rings is 1.